The number of nitrogens with zero attached hydrogens (tertiary/aromatic N) is 1. The molecular weight excluding hydrogens is 480 g/mol. The summed E-state index contributed by atoms with van der Waals surface area (Å²) in [5, 5.41) is 23.5. The molecule has 0 bridgehead atoms. The first-order valence-corrected chi connectivity index (χ1v) is 14.2. The molecule has 0 saturated heterocycles. The fourth-order valence-corrected chi connectivity index (χ4v) is 4.39. The van der Waals surface area contributed by atoms with Crippen LogP contribution in [0.1, 0.15) is 85.5 Å². The summed E-state index contributed by atoms with van der Waals surface area (Å²) in [6.07, 6.45) is 6.93. The number of hydrogen-bond donors (Lipinski definition) is 3. The van der Waals surface area contributed by atoms with Gasteiger partial charge < -0.3 is 29.9 Å². The van der Waals surface area contributed by atoms with Gasteiger partial charge in [-0.2, -0.15) is 0 Å². The molecule has 0 spiro atoms. The molecule has 0 aliphatic carbocycles. The van der Waals surface area contributed by atoms with Gasteiger partial charge in [0.2, 0.25) is 0 Å². The molecular formula is C31H48N2O5. The van der Waals surface area contributed by atoms with Crippen molar-refractivity contribution in [3.8, 4) is 5.75 Å². The van der Waals surface area contributed by atoms with Gasteiger partial charge >= 0.3 is 0 Å². The smallest absolute Gasteiger partial charge is 0.253 e. The van der Waals surface area contributed by atoms with Gasteiger partial charge in [0.1, 0.15) is 5.75 Å². The van der Waals surface area contributed by atoms with Crippen molar-refractivity contribution in [3.05, 3.63) is 64.7 Å². The molecule has 2 rings (SSSR count). The number of unbranched alkanes of at least 4 members (excludes halogenated alkanes) is 4. The summed E-state index contributed by atoms with van der Waals surface area (Å²) in [6, 6.07) is 13.2. The van der Waals surface area contributed by atoms with Crippen LogP contribution >= 0.6 is 0 Å². The first kappa shape index (κ1) is 31.8. The number of ether oxygens (including phenoxy) is 2. The third-order valence-corrected chi connectivity index (χ3v) is 6.77. The number of aliphatic hydroxyl groups excluding tert-OH is 1. The molecule has 7 nitrogen and oxygen atoms in total. The quantitative estimate of drug-likeness (QED) is 0.204. The average molecular weight is 529 g/mol. The Balaban J connectivity index is 1.44. The van der Waals surface area contributed by atoms with E-state index in [9.17, 15) is 15.0 Å². The van der Waals surface area contributed by atoms with E-state index in [1.807, 2.05) is 30.9 Å². The van der Waals surface area contributed by atoms with Gasteiger partial charge in [-0.15, -0.1) is 0 Å². The zero-order valence-corrected chi connectivity index (χ0v) is 23.6. The highest BCUT2D eigenvalue weighted by atomic mass is 16.5. The predicted molar refractivity (Wildman–Crippen MR) is 153 cm³/mol. The summed E-state index contributed by atoms with van der Waals surface area (Å²) in [5.74, 6) is 0.291. The zero-order chi connectivity index (χ0) is 27.6. The lowest BCUT2D eigenvalue weighted by molar-refractivity contribution is 0.0773. The number of phenols is 1. The van der Waals surface area contributed by atoms with Gasteiger partial charge in [0.15, 0.2) is 0 Å². The minimum Gasteiger partial charge on any atom is -0.508 e. The predicted octanol–water partition coefficient (Wildman–Crippen LogP) is 5.24. The number of carbonyl (C=O) groups excluding carboxylic acids is 1. The van der Waals surface area contributed by atoms with E-state index >= 15 is 0 Å². The third-order valence-electron chi connectivity index (χ3n) is 6.77. The van der Waals surface area contributed by atoms with Crippen LogP contribution in [0.2, 0.25) is 0 Å². The van der Waals surface area contributed by atoms with E-state index in [-0.39, 0.29) is 11.7 Å². The first-order valence-electron chi connectivity index (χ1n) is 14.2. The Morgan fingerprint density at radius 3 is 2.32 bits per heavy atom. The Bertz CT molecular complexity index is 915. The van der Waals surface area contributed by atoms with E-state index in [2.05, 4.69) is 17.4 Å². The van der Waals surface area contributed by atoms with Gasteiger partial charge in [0.25, 0.3) is 5.91 Å². The minimum absolute atomic E-state index is 0.104. The van der Waals surface area contributed by atoms with E-state index in [4.69, 9.17) is 9.47 Å². The first-order chi connectivity index (χ1) is 18.5. The molecule has 0 heterocycles. The van der Waals surface area contributed by atoms with E-state index in [1.165, 1.54) is 5.56 Å². The van der Waals surface area contributed by atoms with Crippen molar-refractivity contribution in [1.82, 2.24) is 10.2 Å². The van der Waals surface area contributed by atoms with E-state index < -0.39 is 6.10 Å². The van der Waals surface area contributed by atoms with E-state index in [1.54, 1.807) is 25.3 Å². The number of nitrogens with one attached hydrogen (secondary N) is 1. The lowest BCUT2D eigenvalue weighted by atomic mass is 10.1. The fourth-order valence-electron chi connectivity index (χ4n) is 4.39. The largest absolute Gasteiger partial charge is 0.508 e. The molecule has 0 fully saturated rings. The summed E-state index contributed by atoms with van der Waals surface area (Å²) in [4.78, 5) is 14.2. The lowest BCUT2D eigenvalue weighted by Gasteiger charge is -2.18. The Morgan fingerprint density at radius 1 is 0.947 bits per heavy atom. The number of benzene rings is 2. The summed E-state index contributed by atoms with van der Waals surface area (Å²) < 4.78 is 10.9. The van der Waals surface area contributed by atoms with Crippen molar-refractivity contribution >= 4 is 5.91 Å². The van der Waals surface area contributed by atoms with Crippen molar-refractivity contribution in [2.75, 3.05) is 46.5 Å². The molecule has 0 radical (unpaired) electrons. The summed E-state index contributed by atoms with van der Waals surface area (Å²) in [5.41, 5.74) is 3.49. The van der Waals surface area contributed by atoms with E-state index in [0.29, 0.717) is 18.7 Å². The van der Waals surface area contributed by atoms with Crippen LogP contribution in [0.25, 0.3) is 0 Å². The van der Waals surface area contributed by atoms with Crippen LogP contribution in [0.4, 0.5) is 0 Å². The second kappa shape index (κ2) is 18.7. The molecule has 0 aliphatic rings. The SMILES string of the molecule is CCN(CC)C(=O)c1ccc(CCCCOCCCCCCNCC(O)c2ccc(O)c(COC)c2)cc1. The number of hydrogen-bond acceptors (Lipinski definition) is 6. The van der Waals surface area contributed by atoms with Crippen molar-refractivity contribution < 1.29 is 24.5 Å². The van der Waals surface area contributed by atoms with Crippen LogP contribution in [0.3, 0.4) is 0 Å². The maximum absolute atomic E-state index is 12.4. The number of aliphatic hydroxyl groups is 1. The molecule has 0 aromatic heterocycles. The van der Waals surface area contributed by atoms with Crippen LogP contribution in [0.15, 0.2) is 42.5 Å². The van der Waals surface area contributed by atoms with Crippen molar-refractivity contribution in [2.24, 2.45) is 0 Å². The highest BCUT2D eigenvalue weighted by Gasteiger charge is 2.12. The summed E-state index contributed by atoms with van der Waals surface area (Å²) in [6.45, 7) is 8.75. The van der Waals surface area contributed by atoms with E-state index in [0.717, 1.165) is 88.9 Å². The molecule has 38 heavy (non-hydrogen) atoms. The Morgan fingerprint density at radius 2 is 1.63 bits per heavy atom. The highest BCUT2D eigenvalue weighted by Crippen LogP contribution is 2.23. The van der Waals surface area contributed by atoms with Gasteiger partial charge in [0.05, 0.1) is 12.7 Å². The normalized spacial score (nSPS) is 12.0. The monoisotopic (exact) mass is 528 g/mol. The molecule has 2 aromatic rings. The molecule has 3 N–H and O–H groups in total. The topological polar surface area (TPSA) is 91.3 Å². The second-order valence-electron chi connectivity index (χ2n) is 9.70. The molecule has 0 aliphatic heterocycles. The molecule has 2 aromatic carbocycles. The van der Waals surface area contributed by atoms with Crippen molar-refractivity contribution in [3.63, 3.8) is 0 Å². The molecule has 7 heteroatoms. The van der Waals surface area contributed by atoms with Crippen LogP contribution in [-0.4, -0.2) is 67.5 Å². The van der Waals surface area contributed by atoms with Gasteiger partial charge in [-0.05, 0) is 87.9 Å². The highest BCUT2D eigenvalue weighted by molar-refractivity contribution is 5.94. The maximum Gasteiger partial charge on any atom is 0.253 e. The Hall–Kier alpha value is -2.45. The lowest BCUT2D eigenvalue weighted by Crippen LogP contribution is -2.30. The van der Waals surface area contributed by atoms with Crippen LogP contribution in [0, 0.1) is 0 Å². The number of aromatic hydroxyl groups is 1. The average Bonchev–Trinajstić information content (AvgIpc) is 2.93. The number of amides is 1. The fraction of sp³-hybridized carbons (Fsp3) is 0.581. The molecule has 1 unspecified atom stereocenters. The summed E-state index contributed by atoms with van der Waals surface area (Å²) in [7, 11) is 1.58. The van der Waals surface area contributed by atoms with Crippen LogP contribution in [0.5, 0.6) is 5.75 Å². The van der Waals surface area contributed by atoms with Crippen LogP contribution < -0.4 is 5.32 Å². The zero-order valence-electron chi connectivity index (χ0n) is 23.6. The van der Waals surface area contributed by atoms with Gasteiger partial charge in [-0.25, -0.2) is 0 Å². The van der Waals surface area contributed by atoms with Gasteiger partial charge in [-0.3, -0.25) is 4.79 Å². The number of methoxy groups -OCH3 is 1. The van der Waals surface area contributed by atoms with Crippen molar-refractivity contribution in [2.45, 2.75) is 71.5 Å². The minimum atomic E-state index is -0.610. The van der Waals surface area contributed by atoms with Crippen molar-refractivity contribution in [1.29, 1.82) is 0 Å². The second-order valence-corrected chi connectivity index (χ2v) is 9.70. The maximum atomic E-state index is 12.4. The van der Waals surface area contributed by atoms with Crippen LogP contribution in [-0.2, 0) is 22.5 Å². The standard InChI is InChI=1S/C31H48N2O5/c1-4-33(5-2)31(36)26-15-13-25(14-16-26)12-8-11-21-38-20-10-7-6-9-19-32-23-30(35)27-17-18-29(34)28(22-27)24-37-3/h13-18,22,30,32,34-35H,4-12,19-21,23-24H2,1-3H3. The van der Waals surface area contributed by atoms with Gasteiger partial charge in [-0.1, -0.05) is 31.0 Å². The number of aryl methyl sites for hydroxylation is 1. The Labute approximate surface area is 229 Å². The third kappa shape index (κ3) is 11.5. The molecule has 212 valence electrons. The molecule has 1 amide bonds. The number of rotatable bonds is 20. The summed E-state index contributed by atoms with van der Waals surface area (Å²) >= 11 is 0. The Kier molecular flexibility index (Phi) is 15.7. The van der Waals surface area contributed by atoms with Gasteiger partial charge in [0, 0.05) is 51.1 Å². The molecule has 1 atom stereocenters. The molecule has 0 saturated carbocycles. The number of carbonyl (C=O) groups is 1. The number of phenolic OH excluding ortho intramolecular Hbond substituents is 1.